The summed E-state index contributed by atoms with van der Waals surface area (Å²) in [5.74, 6) is 4.24. The quantitative estimate of drug-likeness (QED) is 0.863. The van der Waals surface area contributed by atoms with E-state index < -0.39 is 0 Å². The Morgan fingerprint density at radius 3 is 3.24 bits per heavy atom. The van der Waals surface area contributed by atoms with E-state index in [4.69, 9.17) is 9.26 Å². The number of hydrogen-bond donors (Lipinski definition) is 1. The zero-order valence-electron chi connectivity index (χ0n) is 9.72. The molecule has 0 saturated carbocycles. The molecular weight excluding hydrogens is 238 g/mol. The van der Waals surface area contributed by atoms with Crippen LogP contribution in [-0.4, -0.2) is 47.4 Å². The minimum Gasteiger partial charge on any atom is -0.381 e. The number of rotatable bonds is 3. The number of thioether (sulfide) groups is 1. The van der Waals surface area contributed by atoms with Gasteiger partial charge in [-0.25, -0.2) is 0 Å². The maximum absolute atomic E-state index is 5.33. The van der Waals surface area contributed by atoms with Gasteiger partial charge in [0, 0.05) is 43.0 Å². The van der Waals surface area contributed by atoms with Crippen molar-refractivity contribution in [1.29, 1.82) is 0 Å². The average molecular weight is 255 g/mol. The maximum atomic E-state index is 5.33. The Morgan fingerprint density at radius 2 is 2.47 bits per heavy atom. The predicted octanol–water partition coefficient (Wildman–Crippen LogP) is 0.821. The first-order valence-electron chi connectivity index (χ1n) is 6.13. The molecule has 0 spiro atoms. The summed E-state index contributed by atoms with van der Waals surface area (Å²) in [6.45, 7) is 2.62. The topological polar surface area (TPSA) is 60.2 Å². The van der Waals surface area contributed by atoms with E-state index in [1.165, 1.54) is 5.75 Å². The van der Waals surface area contributed by atoms with Gasteiger partial charge < -0.3 is 14.6 Å². The Kier molecular flexibility index (Phi) is 3.63. The van der Waals surface area contributed by atoms with Crippen LogP contribution in [0.2, 0.25) is 0 Å². The van der Waals surface area contributed by atoms with Gasteiger partial charge in [0.15, 0.2) is 5.82 Å². The van der Waals surface area contributed by atoms with Crippen LogP contribution in [0.15, 0.2) is 4.52 Å². The van der Waals surface area contributed by atoms with Crippen molar-refractivity contribution in [3.8, 4) is 0 Å². The second kappa shape index (κ2) is 5.37. The summed E-state index contributed by atoms with van der Waals surface area (Å²) in [6, 6.07) is 0.474. The molecule has 1 aromatic heterocycles. The van der Waals surface area contributed by atoms with E-state index in [1.807, 2.05) is 11.8 Å². The van der Waals surface area contributed by atoms with Crippen molar-refractivity contribution in [2.24, 2.45) is 0 Å². The van der Waals surface area contributed by atoms with Crippen LogP contribution < -0.4 is 5.32 Å². The summed E-state index contributed by atoms with van der Waals surface area (Å²) in [7, 11) is 0. The van der Waals surface area contributed by atoms with Crippen molar-refractivity contribution in [2.75, 3.05) is 31.3 Å². The molecule has 94 valence electrons. The molecular formula is C11H17N3O2S. The third kappa shape index (κ3) is 2.81. The van der Waals surface area contributed by atoms with Crippen molar-refractivity contribution >= 4 is 11.8 Å². The monoisotopic (exact) mass is 255 g/mol. The van der Waals surface area contributed by atoms with Gasteiger partial charge >= 0.3 is 0 Å². The Labute approximate surface area is 105 Å². The van der Waals surface area contributed by atoms with Crippen LogP contribution >= 0.6 is 11.8 Å². The van der Waals surface area contributed by atoms with Gasteiger partial charge in [-0.3, -0.25) is 0 Å². The molecule has 3 rings (SSSR count). The normalized spacial score (nSPS) is 29.6. The van der Waals surface area contributed by atoms with Crippen LogP contribution in [0.1, 0.15) is 24.1 Å². The van der Waals surface area contributed by atoms with Gasteiger partial charge in [0.1, 0.15) is 0 Å². The number of hydrogen-bond acceptors (Lipinski definition) is 6. The van der Waals surface area contributed by atoms with E-state index in [9.17, 15) is 0 Å². The highest BCUT2D eigenvalue weighted by Gasteiger charge is 2.24. The highest BCUT2D eigenvalue weighted by Crippen LogP contribution is 2.22. The molecule has 2 unspecified atom stereocenters. The summed E-state index contributed by atoms with van der Waals surface area (Å²) in [5.41, 5.74) is 0. The van der Waals surface area contributed by atoms with Gasteiger partial charge in [0.25, 0.3) is 0 Å². The molecule has 17 heavy (non-hydrogen) atoms. The number of nitrogens with zero attached hydrogens (tertiary/aromatic N) is 2. The summed E-state index contributed by atoms with van der Waals surface area (Å²) < 4.78 is 10.6. The van der Waals surface area contributed by atoms with Crippen LogP contribution in [0.4, 0.5) is 0 Å². The van der Waals surface area contributed by atoms with Crippen LogP contribution in [-0.2, 0) is 11.2 Å². The third-order valence-electron chi connectivity index (χ3n) is 3.20. The van der Waals surface area contributed by atoms with Gasteiger partial charge in [-0.05, 0) is 6.42 Å². The molecule has 0 aromatic carbocycles. The SMILES string of the molecule is C1CSCC(Cc2nc(C3CCOC3)no2)N1. The zero-order chi connectivity index (χ0) is 11.5. The summed E-state index contributed by atoms with van der Waals surface area (Å²) in [5, 5.41) is 7.54. The van der Waals surface area contributed by atoms with Crippen LogP contribution in [0.5, 0.6) is 0 Å². The second-order valence-corrected chi connectivity index (χ2v) is 5.69. The fourth-order valence-electron chi connectivity index (χ4n) is 2.22. The first kappa shape index (κ1) is 11.5. The number of ether oxygens (including phenoxy) is 1. The summed E-state index contributed by atoms with van der Waals surface area (Å²) in [6.07, 6.45) is 1.85. The van der Waals surface area contributed by atoms with Crippen molar-refractivity contribution in [3.05, 3.63) is 11.7 Å². The first-order chi connectivity index (χ1) is 8.42. The lowest BCUT2D eigenvalue weighted by atomic mass is 10.1. The number of nitrogens with one attached hydrogen (secondary N) is 1. The van der Waals surface area contributed by atoms with Crippen molar-refractivity contribution in [1.82, 2.24) is 15.5 Å². The molecule has 2 aliphatic heterocycles. The molecule has 2 atom stereocenters. The molecule has 2 saturated heterocycles. The van der Waals surface area contributed by atoms with E-state index in [1.54, 1.807) is 0 Å². The van der Waals surface area contributed by atoms with Gasteiger partial charge in [-0.15, -0.1) is 0 Å². The minimum atomic E-state index is 0.334. The smallest absolute Gasteiger partial charge is 0.228 e. The summed E-state index contributed by atoms with van der Waals surface area (Å²) >= 11 is 1.98. The summed E-state index contributed by atoms with van der Waals surface area (Å²) in [4.78, 5) is 4.48. The fourth-order valence-corrected chi connectivity index (χ4v) is 3.17. The fraction of sp³-hybridized carbons (Fsp3) is 0.818. The van der Waals surface area contributed by atoms with Gasteiger partial charge in [-0.2, -0.15) is 16.7 Å². The van der Waals surface area contributed by atoms with Crippen LogP contribution in [0.3, 0.4) is 0 Å². The number of aromatic nitrogens is 2. The van der Waals surface area contributed by atoms with Crippen LogP contribution in [0.25, 0.3) is 0 Å². The van der Waals surface area contributed by atoms with Gasteiger partial charge in [-0.1, -0.05) is 5.16 Å². The van der Waals surface area contributed by atoms with E-state index >= 15 is 0 Å². The lowest BCUT2D eigenvalue weighted by Gasteiger charge is -2.21. The minimum absolute atomic E-state index is 0.334. The van der Waals surface area contributed by atoms with Crippen molar-refractivity contribution in [2.45, 2.75) is 24.8 Å². The molecule has 0 amide bonds. The molecule has 1 aromatic rings. The van der Waals surface area contributed by atoms with Crippen LogP contribution in [0, 0.1) is 0 Å². The molecule has 5 nitrogen and oxygen atoms in total. The molecule has 6 heteroatoms. The van der Waals surface area contributed by atoms with E-state index in [0.717, 1.165) is 50.1 Å². The Hall–Kier alpha value is -0.590. The van der Waals surface area contributed by atoms with E-state index in [0.29, 0.717) is 12.0 Å². The van der Waals surface area contributed by atoms with E-state index in [-0.39, 0.29) is 0 Å². The molecule has 3 heterocycles. The third-order valence-corrected chi connectivity index (χ3v) is 4.33. The van der Waals surface area contributed by atoms with Gasteiger partial charge in [0.05, 0.1) is 6.61 Å². The zero-order valence-corrected chi connectivity index (χ0v) is 10.5. The predicted molar refractivity (Wildman–Crippen MR) is 65.3 cm³/mol. The van der Waals surface area contributed by atoms with Gasteiger partial charge in [0.2, 0.25) is 5.89 Å². The van der Waals surface area contributed by atoms with E-state index in [2.05, 4.69) is 15.5 Å². The Bertz CT molecular complexity index is 359. The Balaban J connectivity index is 1.59. The Morgan fingerprint density at radius 1 is 1.47 bits per heavy atom. The lowest BCUT2D eigenvalue weighted by Crippen LogP contribution is -2.38. The highest BCUT2D eigenvalue weighted by molar-refractivity contribution is 7.99. The molecule has 0 radical (unpaired) electrons. The average Bonchev–Trinajstić information content (AvgIpc) is 3.00. The first-order valence-corrected chi connectivity index (χ1v) is 7.28. The highest BCUT2D eigenvalue weighted by atomic mass is 32.2. The molecule has 0 bridgehead atoms. The lowest BCUT2D eigenvalue weighted by molar-refractivity contribution is 0.192. The largest absolute Gasteiger partial charge is 0.381 e. The molecule has 2 fully saturated rings. The van der Waals surface area contributed by atoms with Crippen molar-refractivity contribution < 1.29 is 9.26 Å². The molecule has 1 N–H and O–H groups in total. The second-order valence-electron chi connectivity index (χ2n) is 4.54. The maximum Gasteiger partial charge on any atom is 0.228 e. The van der Waals surface area contributed by atoms with Crippen molar-refractivity contribution in [3.63, 3.8) is 0 Å². The standard InChI is InChI=1S/C11H17N3O2S/c1-3-15-6-8(1)11-13-10(16-14-11)5-9-7-17-4-2-12-9/h8-9,12H,1-7H2. The molecule has 2 aliphatic rings. The molecule has 0 aliphatic carbocycles.